The van der Waals surface area contributed by atoms with E-state index in [0.29, 0.717) is 17.5 Å². The van der Waals surface area contributed by atoms with Gasteiger partial charge in [0.1, 0.15) is 11.2 Å². The Hall–Kier alpha value is -6.60. The van der Waals surface area contributed by atoms with Crippen LogP contribution in [0.2, 0.25) is 0 Å². The quantitative estimate of drug-likeness (QED) is 0.193. The summed E-state index contributed by atoms with van der Waals surface area (Å²) in [4.78, 5) is 28.8. The van der Waals surface area contributed by atoms with Crippen molar-refractivity contribution in [2.45, 2.75) is 0 Å². The maximum atomic E-state index is 6.10. The summed E-state index contributed by atoms with van der Waals surface area (Å²) < 4.78 is 6.10. The van der Waals surface area contributed by atoms with E-state index < -0.39 is 0 Å². The molecule has 0 saturated heterocycles. The minimum atomic E-state index is 0.604. The number of aromatic nitrogens is 6. The standard InChI is InChI=1S/C40H24N6O/c1-3-9-26(10-4-1)38-44-39(27-11-5-2-6-12-27)46-40(45-38)29-15-7-14-28(21-29)30-16-8-13-25-17-18-33(43-37(25)30)34-22-36-32(24-42-34)31-23-41-20-19-35(31)47-36/h1-24H. The number of hydrogen-bond acceptors (Lipinski definition) is 7. The molecule has 0 fully saturated rings. The molecule has 0 radical (unpaired) electrons. The summed E-state index contributed by atoms with van der Waals surface area (Å²) in [6, 6.07) is 42.4. The van der Waals surface area contributed by atoms with E-state index in [1.165, 1.54) is 0 Å². The summed E-state index contributed by atoms with van der Waals surface area (Å²) in [6.07, 6.45) is 5.37. The molecular weight excluding hydrogens is 580 g/mol. The lowest BCUT2D eigenvalue weighted by molar-refractivity contribution is 0.668. The normalized spacial score (nSPS) is 11.4. The lowest BCUT2D eigenvalue weighted by Crippen LogP contribution is -2.00. The fourth-order valence-corrected chi connectivity index (χ4v) is 5.94. The predicted octanol–water partition coefficient (Wildman–Crippen LogP) is 9.44. The van der Waals surface area contributed by atoms with Gasteiger partial charge in [-0.05, 0) is 23.8 Å². The van der Waals surface area contributed by atoms with Crippen LogP contribution in [0, 0.1) is 0 Å². The molecule has 0 saturated carbocycles. The van der Waals surface area contributed by atoms with E-state index >= 15 is 0 Å². The maximum Gasteiger partial charge on any atom is 0.164 e. The summed E-state index contributed by atoms with van der Waals surface area (Å²) in [5.41, 5.74) is 8.68. The molecular formula is C40H24N6O. The smallest absolute Gasteiger partial charge is 0.164 e. The average Bonchev–Trinajstić information content (AvgIpc) is 3.53. The van der Waals surface area contributed by atoms with E-state index in [-0.39, 0.29) is 0 Å². The van der Waals surface area contributed by atoms with Crippen molar-refractivity contribution < 1.29 is 4.42 Å². The first kappa shape index (κ1) is 26.8. The van der Waals surface area contributed by atoms with Gasteiger partial charge in [-0.1, -0.05) is 103 Å². The SMILES string of the molecule is c1ccc(-c2nc(-c3ccccc3)nc(-c3cccc(-c4cccc5ccc(-c6cc7oc8ccncc8c7cn6)nc45)c3)n2)cc1. The van der Waals surface area contributed by atoms with E-state index in [9.17, 15) is 0 Å². The second-order valence-electron chi connectivity index (χ2n) is 11.2. The molecule has 9 aromatic rings. The van der Waals surface area contributed by atoms with Crippen molar-refractivity contribution >= 4 is 32.8 Å². The van der Waals surface area contributed by atoms with Gasteiger partial charge in [-0.25, -0.2) is 19.9 Å². The Kier molecular flexibility index (Phi) is 6.31. The van der Waals surface area contributed by atoms with E-state index in [4.69, 9.17) is 29.3 Å². The predicted molar refractivity (Wildman–Crippen MR) is 185 cm³/mol. The first-order chi connectivity index (χ1) is 23.3. The molecule has 0 spiro atoms. The van der Waals surface area contributed by atoms with Gasteiger partial charge < -0.3 is 4.42 Å². The van der Waals surface area contributed by atoms with Crippen molar-refractivity contribution in [3.63, 3.8) is 0 Å². The van der Waals surface area contributed by atoms with Gasteiger partial charge in [0.2, 0.25) is 0 Å². The van der Waals surface area contributed by atoms with Gasteiger partial charge in [0, 0.05) is 63.1 Å². The molecule has 0 atom stereocenters. The summed E-state index contributed by atoms with van der Waals surface area (Å²) in [5, 5.41) is 2.91. The van der Waals surface area contributed by atoms with Crippen LogP contribution in [0.25, 0.3) is 89.5 Å². The number of fused-ring (bicyclic) bond motifs is 4. The molecule has 47 heavy (non-hydrogen) atoms. The monoisotopic (exact) mass is 604 g/mol. The number of furan rings is 1. The number of hydrogen-bond donors (Lipinski definition) is 0. The third-order valence-electron chi connectivity index (χ3n) is 8.27. The van der Waals surface area contributed by atoms with E-state index in [1.54, 1.807) is 12.4 Å². The first-order valence-electron chi connectivity index (χ1n) is 15.3. The summed E-state index contributed by atoms with van der Waals surface area (Å²) in [6.45, 7) is 0. The Bertz CT molecular complexity index is 2520. The Balaban J connectivity index is 1.15. The average molecular weight is 605 g/mol. The van der Waals surface area contributed by atoms with Crippen LogP contribution in [0.4, 0.5) is 0 Å². The Morgan fingerprint density at radius 3 is 1.87 bits per heavy atom. The highest BCUT2D eigenvalue weighted by Crippen LogP contribution is 2.34. The number of rotatable bonds is 5. The zero-order valence-corrected chi connectivity index (χ0v) is 24.9. The van der Waals surface area contributed by atoms with Gasteiger partial charge in [0.05, 0.1) is 16.9 Å². The third kappa shape index (κ3) is 4.87. The van der Waals surface area contributed by atoms with Crippen LogP contribution in [0.3, 0.4) is 0 Å². The van der Waals surface area contributed by atoms with Gasteiger partial charge in [-0.15, -0.1) is 0 Å². The first-order valence-corrected chi connectivity index (χ1v) is 15.3. The largest absolute Gasteiger partial charge is 0.456 e. The van der Waals surface area contributed by atoms with Gasteiger partial charge in [-0.3, -0.25) is 9.97 Å². The number of benzene rings is 4. The highest BCUT2D eigenvalue weighted by Gasteiger charge is 2.15. The zero-order chi connectivity index (χ0) is 31.2. The van der Waals surface area contributed by atoms with Crippen LogP contribution in [0.15, 0.2) is 150 Å². The van der Waals surface area contributed by atoms with Crippen LogP contribution in [0.5, 0.6) is 0 Å². The molecule has 9 rings (SSSR count). The number of nitrogens with zero attached hydrogens (tertiary/aromatic N) is 6. The lowest BCUT2D eigenvalue weighted by atomic mass is 9.99. The maximum absolute atomic E-state index is 6.10. The highest BCUT2D eigenvalue weighted by atomic mass is 16.3. The molecule has 0 unspecified atom stereocenters. The fourth-order valence-electron chi connectivity index (χ4n) is 5.94. The van der Waals surface area contributed by atoms with Crippen molar-refractivity contribution in [3.8, 4) is 56.7 Å². The molecule has 220 valence electrons. The Morgan fingerprint density at radius 2 is 1.11 bits per heavy atom. The Labute approximate surface area is 269 Å². The number of para-hydroxylation sites is 1. The van der Waals surface area contributed by atoms with Crippen molar-refractivity contribution in [2.24, 2.45) is 0 Å². The molecule has 0 aliphatic carbocycles. The molecule has 5 heterocycles. The summed E-state index contributed by atoms with van der Waals surface area (Å²) >= 11 is 0. The lowest BCUT2D eigenvalue weighted by Gasteiger charge is -2.11. The molecule has 7 nitrogen and oxygen atoms in total. The van der Waals surface area contributed by atoms with Crippen molar-refractivity contribution in [1.29, 1.82) is 0 Å². The third-order valence-corrected chi connectivity index (χ3v) is 8.27. The highest BCUT2D eigenvalue weighted by molar-refractivity contribution is 6.04. The van der Waals surface area contributed by atoms with E-state index in [2.05, 4.69) is 41.4 Å². The zero-order valence-electron chi connectivity index (χ0n) is 24.9. The van der Waals surface area contributed by atoms with E-state index in [1.807, 2.05) is 97.2 Å². The van der Waals surface area contributed by atoms with Gasteiger partial charge in [0.25, 0.3) is 0 Å². The van der Waals surface area contributed by atoms with Crippen LogP contribution >= 0.6 is 0 Å². The van der Waals surface area contributed by atoms with Crippen LogP contribution < -0.4 is 0 Å². The van der Waals surface area contributed by atoms with Crippen molar-refractivity contribution in [2.75, 3.05) is 0 Å². The van der Waals surface area contributed by atoms with Crippen LogP contribution in [-0.2, 0) is 0 Å². The minimum absolute atomic E-state index is 0.604. The fraction of sp³-hybridized carbons (Fsp3) is 0. The van der Waals surface area contributed by atoms with Gasteiger partial charge >= 0.3 is 0 Å². The van der Waals surface area contributed by atoms with Gasteiger partial charge in [-0.2, -0.15) is 0 Å². The molecule has 0 aliphatic heterocycles. The Morgan fingerprint density at radius 1 is 0.447 bits per heavy atom. The van der Waals surface area contributed by atoms with Gasteiger partial charge in [0.15, 0.2) is 17.5 Å². The molecule has 0 bridgehead atoms. The minimum Gasteiger partial charge on any atom is -0.456 e. The summed E-state index contributed by atoms with van der Waals surface area (Å²) in [7, 11) is 0. The topological polar surface area (TPSA) is 90.5 Å². The molecule has 0 N–H and O–H groups in total. The van der Waals surface area contributed by atoms with Crippen molar-refractivity contribution in [3.05, 3.63) is 146 Å². The van der Waals surface area contributed by atoms with Crippen LogP contribution in [-0.4, -0.2) is 29.9 Å². The second kappa shape index (κ2) is 11.1. The van der Waals surface area contributed by atoms with Crippen LogP contribution in [0.1, 0.15) is 0 Å². The van der Waals surface area contributed by atoms with Crippen molar-refractivity contribution in [1.82, 2.24) is 29.9 Å². The molecule has 7 heteroatoms. The molecule has 5 aromatic heterocycles. The number of pyridine rings is 3. The summed E-state index contributed by atoms with van der Waals surface area (Å²) in [5.74, 6) is 1.86. The van der Waals surface area contributed by atoms with E-state index in [0.717, 1.165) is 72.0 Å². The molecule has 4 aromatic carbocycles. The second-order valence-corrected chi connectivity index (χ2v) is 11.2. The molecule has 0 aliphatic rings. The molecule has 0 amide bonds.